The predicted octanol–water partition coefficient (Wildman–Crippen LogP) is 4.99. The van der Waals surface area contributed by atoms with Gasteiger partial charge in [-0.2, -0.15) is 0 Å². The summed E-state index contributed by atoms with van der Waals surface area (Å²) in [4.78, 5) is 8.24. The molecule has 0 radical (unpaired) electrons. The van der Waals surface area contributed by atoms with E-state index in [-0.39, 0.29) is 0 Å². The van der Waals surface area contributed by atoms with Crippen molar-refractivity contribution in [2.75, 3.05) is 0 Å². The number of allylic oxidation sites excluding steroid dienone is 4. The van der Waals surface area contributed by atoms with Crippen LogP contribution in [0.2, 0.25) is 0 Å². The van der Waals surface area contributed by atoms with E-state index in [1.807, 2.05) is 36.4 Å². The Kier molecular flexibility index (Phi) is 5.65. The molecule has 0 aliphatic carbocycles. The maximum Gasteiger partial charge on any atom is 0.199 e. The zero-order valence-corrected chi connectivity index (χ0v) is 14.9. The first-order valence-corrected chi connectivity index (χ1v) is 8.44. The summed E-state index contributed by atoms with van der Waals surface area (Å²) in [5.74, 6) is 4.67. The van der Waals surface area contributed by atoms with Gasteiger partial charge in [-0.25, -0.2) is 9.97 Å². The number of terminal acetylenes is 1. The van der Waals surface area contributed by atoms with Gasteiger partial charge in [-0.3, -0.25) is 0 Å². The van der Waals surface area contributed by atoms with Crippen LogP contribution in [0.5, 0.6) is 0 Å². The lowest BCUT2D eigenvalue weighted by Crippen LogP contribution is -1.88. The molecule has 0 saturated heterocycles. The molecule has 3 rings (SSSR count). The summed E-state index contributed by atoms with van der Waals surface area (Å²) < 4.78 is 12.0. The molecule has 0 fully saturated rings. The van der Waals surface area contributed by atoms with E-state index in [9.17, 15) is 0 Å². The monoisotopic (exact) mass is 394 g/mol. The second-order valence-electron chi connectivity index (χ2n) is 5.24. The van der Waals surface area contributed by atoms with E-state index >= 15 is 0 Å². The Hall–Kier alpha value is -2.84. The van der Waals surface area contributed by atoms with Gasteiger partial charge in [-0.1, -0.05) is 52.2 Å². The van der Waals surface area contributed by atoms with Crippen LogP contribution in [0.25, 0.3) is 11.3 Å². The van der Waals surface area contributed by atoms with Crippen LogP contribution in [-0.4, -0.2) is 9.97 Å². The second-order valence-corrected chi connectivity index (χ2v) is 6.09. The summed E-state index contributed by atoms with van der Waals surface area (Å²) >= 11 is 3.52. The Morgan fingerprint density at radius 1 is 1.28 bits per heavy atom. The number of hydrogen-bond acceptors (Lipinski definition) is 4. The van der Waals surface area contributed by atoms with Crippen molar-refractivity contribution in [1.82, 2.24) is 9.97 Å². The SMILES string of the molecule is C#C/C=C(\C=C/Cc1cnco1)Cc1ncc(-c2ccccc2Br)o1. The summed E-state index contributed by atoms with van der Waals surface area (Å²) in [6, 6.07) is 7.85. The lowest BCUT2D eigenvalue weighted by molar-refractivity contribution is 0.516. The molecule has 0 spiro atoms. The molecule has 0 saturated carbocycles. The minimum absolute atomic E-state index is 0.515. The highest BCUT2D eigenvalue weighted by molar-refractivity contribution is 9.10. The quantitative estimate of drug-likeness (QED) is 0.436. The first-order chi connectivity index (χ1) is 12.3. The smallest absolute Gasteiger partial charge is 0.199 e. The number of rotatable bonds is 6. The Balaban J connectivity index is 1.71. The molecule has 3 aromatic rings. The van der Waals surface area contributed by atoms with Gasteiger partial charge in [0.25, 0.3) is 0 Å². The summed E-state index contributed by atoms with van der Waals surface area (Å²) in [7, 11) is 0. The molecule has 2 heterocycles. The fourth-order valence-electron chi connectivity index (χ4n) is 2.29. The summed E-state index contributed by atoms with van der Waals surface area (Å²) in [5.41, 5.74) is 1.90. The van der Waals surface area contributed by atoms with Gasteiger partial charge in [0, 0.05) is 22.9 Å². The largest absolute Gasteiger partial charge is 0.448 e. The van der Waals surface area contributed by atoms with Gasteiger partial charge >= 0.3 is 0 Å². The maximum absolute atomic E-state index is 5.87. The number of halogens is 1. The molecule has 124 valence electrons. The first kappa shape index (κ1) is 17.0. The zero-order chi connectivity index (χ0) is 17.5. The molecule has 0 atom stereocenters. The van der Waals surface area contributed by atoms with Gasteiger partial charge < -0.3 is 8.83 Å². The average Bonchev–Trinajstić information content (AvgIpc) is 3.27. The Labute approximate surface area is 154 Å². The van der Waals surface area contributed by atoms with Crippen LogP contribution < -0.4 is 0 Å². The van der Waals surface area contributed by atoms with Crippen molar-refractivity contribution < 1.29 is 8.83 Å². The van der Waals surface area contributed by atoms with E-state index in [4.69, 9.17) is 15.3 Å². The molecule has 0 bridgehead atoms. The van der Waals surface area contributed by atoms with Crippen LogP contribution in [0.3, 0.4) is 0 Å². The third-order valence-corrected chi connectivity index (χ3v) is 4.14. The molecule has 0 N–H and O–H groups in total. The van der Waals surface area contributed by atoms with Crippen LogP contribution >= 0.6 is 15.9 Å². The van der Waals surface area contributed by atoms with Crippen molar-refractivity contribution in [2.45, 2.75) is 12.8 Å². The number of benzene rings is 1. The van der Waals surface area contributed by atoms with E-state index in [0.717, 1.165) is 21.4 Å². The van der Waals surface area contributed by atoms with Gasteiger partial charge in [0.2, 0.25) is 0 Å². The van der Waals surface area contributed by atoms with Gasteiger partial charge in [-0.05, 0) is 17.7 Å². The highest BCUT2D eigenvalue weighted by atomic mass is 79.9. The Morgan fingerprint density at radius 2 is 2.16 bits per heavy atom. The van der Waals surface area contributed by atoms with Crippen LogP contribution in [0.1, 0.15) is 11.7 Å². The van der Waals surface area contributed by atoms with Crippen molar-refractivity contribution in [2.24, 2.45) is 0 Å². The number of aromatic nitrogens is 2. The molecule has 1 aromatic carbocycles. The highest BCUT2D eigenvalue weighted by Crippen LogP contribution is 2.28. The summed E-state index contributed by atoms with van der Waals surface area (Å²) in [5, 5.41) is 0. The topological polar surface area (TPSA) is 52.1 Å². The van der Waals surface area contributed by atoms with Gasteiger partial charge in [0.1, 0.15) is 5.76 Å². The minimum Gasteiger partial charge on any atom is -0.448 e. The fraction of sp³-hybridized carbons (Fsp3) is 0.100. The van der Waals surface area contributed by atoms with E-state index in [2.05, 4.69) is 31.8 Å². The van der Waals surface area contributed by atoms with Gasteiger partial charge in [-0.15, -0.1) is 6.42 Å². The van der Waals surface area contributed by atoms with E-state index in [0.29, 0.717) is 24.5 Å². The normalized spacial score (nSPS) is 11.8. The lowest BCUT2D eigenvalue weighted by Gasteiger charge is -2.00. The fourth-order valence-corrected chi connectivity index (χ4v) is 2.77. The van der Waals surface area contributed by atoms with E-state index in [1.165, 1.54) is 6.39 Å². The summed E-state index contributed by atoms with van der Waals surface area (Å²) in [6.45, 7) is 0. The van der Waals surface area contributed by atoms with Crippen molar-refractivity contribution >= 4 is 15.9 Å². The molecule has 0 unspecified atom stereocenters. The minimum atomic E-state index is 0.515. The standard InChI is InChI=1S/C20H15BrN2O2/c1-2-6-15(7-5-8-16-12-22-14-24-16)11-20-23-13-19(25-20)17-9-3-4-10-18(17)21/h1,3-7,9-10,12-14H,8,11H2/b7-5-,15-6+. The third-order valence-electron chi connectivity index (χ3n) is 3.45. The Morgan fingerprint density at radius 3 is 2.92 bits per heavy atom. The van der Waals surface area contributed by atoms with Gasteiger partial charge in [0.05, 0.1) is 12.4 Å². The molecule has 0 aliphatic rings. The average molecular weight is 395 g/mol. The van der Waals surface area contributed by atoms with Crippen LogP contribution in [-0.2, 0) is 12.8 Å². The number of oxazole rings is 2. The molecule has 2 aromatic heterocycles. The molecule has 4 nitrogen and oxygen atoms in total. The van der Waals surface area contributed by atoms with Gasteiger partial charge in [0.15, 0.2) is 18.0 Å². The van der Waals surface area contributed by atoms with Crippen molar-refractivity contribution in [3.63, 3.8) is 0 Å². The first-order valence-electron chi connectivity index (χ1n) is 7.65. The molecular formula is C20H15BrN2O2. The number of nitrogens with zero attached hydrogens (tertiary/aromatic N) is 2. The van der Waals surface area contributed by atoms with Crippen LogP contribution in [0.15, 0.2) is 80.2 Å². The molecular weight excluding hydrogens is 380 g/mol. The predicted molar refractivity (Wildman–Crippen MR) is 99.6 cm³/mol. The highest BCUT2D eigenvalue weighted by Gasteiger charge is 2.10. The molecule has 0 aliphatic heterocycles. The van der Waals surface area contributed by atoms with Crippen LogP contribution in [0, 0.1) is 12.3 Å². The second kappa shape index (κ2) is 8.32. The van der Waals surface area contributed by atoms with E-state index < -0.39 is 0 Å². The van der Waals surface area contributed by atoms with Crippen molar-refractivity contribution in [1.29, 1.82) is 0 Å². The summed E-state index contributed by atoms with van der Waals surface area (Å²) in [6.07, 6.45) is 17.0. The zero-order valence-electron chi connectivity index (χ0n) is 13.4. The molecule has 0 amide bonds. The van der Waals surface area contributed by atoms with E-state index in [1.54, 1.807) is 18.5 Å². The van der Waals surface area contributed by atoms with Crippen LogP contribution in [0.4, 0.5) is 0 Å². The number of hydrogen-bond donors (Lipinski definition) is 0. The maximum atomic E-state index is 5.87. The Bertz CT molecular complexity index is 931. The lowest BCUT2D eigenvalue weighted by atomic mass is 10.1. The van der Waals surface area contributed by atoms with Crippen molar-refractivity contribution in [3.05, 3.63) is 83.0 Å². The molecule has 25 heavy (non-hydrogen) atoms. The molecule has 5 heteroatoms. The van der Waals surface area contributed by atoms with Crippen molar-refractivity contribution in [3.8, 4) is 23.7 Å². The third kappa shape index (κ3) is 4.59.